The van der Waals surface area contributed by atoms with Crippen LogP contribution in [0.25, 0.3) is 0 Å². The average molecular weight is 1070 g/mol. The molecule has 0 unspecified atom stereocenters. The molecule has 2 atom stereocenters. The van der Waals surface area contributed by atoms with Gasteiger partial charge in [-0.15, -0.1) is 0 Å². The van der Waals surface area contributed by atoms with Crippen LogP contribution in [0.2, 0.25) is 0 Å². The summed E-state index contributed by atoms with van der Waals surface area (Å²) >= 11 is 0. The van der Waals surface area contributed by atoms with E-state index in [9.17, 15) is 38.4 Å². The Morgan fingerprint density at radius 3 is 0.947 bits per heavy atom. The van der Waals surface area contributed by atoms with E-state index in [1.54, 1.807) is 0 Å². The molecule has 432 valence electrons. The molecule has 0 fully saturated rings. The quantitative estimate of drug-likeness (QED) is 0.0192. The zero-order valence-electron chi connectivity index (χ0n) is 46.9. The maximum absolute atomic E-state index is 13.1. The van der Waals surface area contributed by atoms with E-state index in [0.29, 0.717) is 32.1 Å². The van der Waals surface area contributed by atoms with E-state index in [-0.39, 0.29) is 89.6 Å². The number of unbranched alkanes of at least 4 members (excludes halogenated alkanes) is 24. The Kier molecular flexibility index (Phi) is 46.3. The molecule has 0 aliphatic carbocycles. The standard InChI is InChI=1S/C57H100N4O14/c1-7-9-11-13-15-17-19-21-23-25-27-32-40-72-54(66)48(34-36-50(62)70-42-44-74-52(64)46(3)4)60-56(68)58-38-30-29-31-39-59-57(69)61-49(35-37-51(63)71-43-45-75-53(65)47(5)6)55(67)73-41-33-28-26-24-22-20-18-16-14-12-10-8-2/h48-49H,3,5,7-45H2,1-2,4,6H3,(H2,58,60,68)(H2,59,61,69)/t48-,49-/m0/s1. The molecule has 0 aliphatic heterocycles. The highest BCUT2D eigenvalue weighted by Crippen LogP contribution is 2.14. The Morgan fingerprint density at radius 2 is 0.640 bits per heavy atom. The van der Waals surface area contributed by atoms with E-state index in [4.69, 9.17) is 28.4 Å². The summed E-state index contributed by atoms with van der Waals surface area (Å²) in [4.78, 5) is 100. The summed E-state index contributed by atoms with van der Waals surface area (Å²) in [5, 5.41) is 10.7. The summed E-state index contributed by atoms with van der Waals surface area (Å²) in [5.41, 5.74) is 0.432. The first-order valence-electron chi connectivity index (χ1n) is 28.6. The van der Waals surface area contributed by atoms with Gasteiger partial charge in [-0.05, 0) is 58.8 Å². The summed E-state index contributed by atoms with van der Waals surface area (Å²) in [6, 6.07) is -3.46. The van der Waals surface area contributed by atoms with Crippen LogP contribution in [0.4, 0.5) is 9.59 Å². The molecule has 18 nitrogen and oxygen atoms in total. The highest BCUT2D eigenvalue weighted by molar-refractivity contribution is 5.87. The first-order valence-corrected chi connectivity index (χ1v) is 28.6. The van der Waals surface area contributed by atoms with Crippen LogP contribution in [0.1, 0.15) is 227 Å². The third-order valence-corrected chi connectivity index (χ3v) is 12.2. The molecule has 0 aromatic heterocycles. The second-order valence-electron chi connectivity index (χ2n) is 19.4. The number of carbonyl (C=O) groups excluding carboxylic acids is 8. The smallest absolute Gasteiger partial charge is 0.333 e. The van der Waals surface area contributed by atoms with Gasteiger partial charge >= 0.3 is 47.9 Å². The largest absolute Gasteiger partial charge is 0.464 e. The zero-order chi connectivity index (χ0) is 55.6. The molecule has 0 radical (unpaired) electrons. The van der Waals surface area contributed by atoms with Crippen molar-refractivity contribution in [3.8, 4) is 0 Å². The van der Waals surface area contributed by atoms with Crippen LogP contribution in [0, 0.1) is 0 Å². The molecule has 75 heavy (non-hydrogen) atoms. The van der Waals surface area contributed by atoms with Gasteiger partial charge in [0.25, 0.3) is 0 Å². The van der Waals surface area contributed by atoms with E-state index in [0.717, 1.165) is 38.5 Å². The Bertz CT molecular complexity index is 1490. The third kappa shape index (κ3) is 44.8. The summed E-state index contributed by atoms with van der Waals surface area (Å²) < 4.78 is 31.1. The van der Waals surface area contributed by atoms with Crippen LogP contribution in [0.15, 0.2) is 24.3 Å². The van der Waals surface area contributed by atoms with Crippen molar-refractivity contribution in [1.82, 2.24) is 21.3 Å². The molecule has 4 N–H and O–H groups in total. The maximum atomic E-state index is 13.1. The molecule has 0 spiro atoms. The van der Waals surface area contributed by atoms with Gasteiger partial charge in [-0.1, -0.05) is 168 Å². The highest BCUT2D eigenvalue weighted by Gasteiger charge is 2.25. The molecule has 0 rings (SSSR count). The van der Waals surface area contributed by atoms with E-state index >= 15 is 0 Å². The van der Waals surface area contributed by atoms with E-state index in [2.05, 4.69) is 48.3 Å². The van der Waals surface area contributed by atoms with E-state index < -0.39 is 60.0 Å². The molecule has 0 aromatic carbocycles. The number of esters is 6. The molecule has 18 heteroatoms. The van der Waals surface area contributed by atoms with Gasteiger partial charge in [0, 0.05) is 37.1 Å². The monoisotopic (exact) mass is 1060 g/mol. The van der Waals surface area contributed by atoms with Crippen LogP contribution in [0.5, 0.6) is 0 Å². The normalized spacial score (nSPS) is 11.6. The van der Waals surface area contributed by atoms with Gasteiger partial charge in [-0.2, -0.15) is 0 Å². The summed E-state index contributed by atoms with van der Waals surface area (Å²) in [5.74, 6) is -3.79. The van der Waals surface area contributed by atoms with Crippen molar-refractivity contribution in [2.75, 3.05) is 52.7 Å². The topological polar surface area (TPSA) is 240 Å². The second-order valence-corrected chi connectivity index (χ2v) is 19.4. The first-order chi connectivity index (χ1) is 36.2. The molecule has 0 bridgehead atoms. The van der Waals surface area contributed by atoms with Crippen molar-refractivity contribution >= 4 is 47.9 Å². The Hall–Kier alpha value is -5.16. The fourth-order valence-corrected chi connectivity index (χ4v) is 7.67. The molecular formula is C57H100N4O14. The maximum Gasteiger partial charge on any atom is 0.333 e. The fourth-order valence-electron chi connectivity index (χ4n) is 7.67. The van der Waals surface area contributed by atoms with Crippen LogP contribution >= 0.6 is 0 Å². The summed E-state index contributed by atoms with van der Waals surface area (Å²) in [7, 11) is 0. The average Bonchev–Trinajstić information content (AvgIpc) is 3.38. The molecule has 0 aliphatic rings. The lowest BCUT2D eigenvalue weighted by molar-refractivity contribution is -0.151. The predicted octanol–water partition coefficient (Wildman–Crippen LogP) is 10.9. The van der Waals surface area contributed by atoms with Gasteiger partial charge in [0.2, 0.25) is 0 Å². The third-order valence-electron chi connectivity index (χ3n) is 12.2. The number of rotatable bonds is 50. The molecule has 0 heterocycles. The number of ether oxygens (including phenoxy) is 6. The van der Waals surface area contributed by atoms with Crippen LogP contribution in [-0.2, 0) is 57.2 Å². The number of nitrogens with one attached hydrogen (secondary N) is 4. The Morgan fingerprint density at radius 1 is 0.360 bits per heavy atom. The Labute approximate surface area is 450 Å². The van der Waals surface area contributed by atoms with Crippen LogP contribution in [0.3, 0.4) is 0 Å². The number of carbonyl (C=O) groups is 8. The van der Waals surface area contributed by atoms with E-state index in [1.807, 2.05) is 0 Å². The van der Waals surface area contributed by atoms with Crippen molar-refractivity contribution in [1.29, 1.82) is 0 Å². The molecule has 4 amide bonds. The second kappa shape index (κ2) is 49.7. The minimum atomic E-state index is -1.11. The van der Waals surface area contributed by atoms with Crippen molar-refractivity contribution in [3.63, 3.8) is 0 Å². The van der Waals surface area contributed by atoms with Crippen LogP contribution in [-0.4, -0.2) is 113 Å². The van der Waals surface area contributed by atoms with Crippen molar-refractivity contribution in [2.24, 2.45) is 0 Å². The van der Waals surface area contributed by atoms with Gasteiger partial charge in [-0.25, -0.2) is 28.8 Å². The lowest BCUT2D eigenvalue weighted by Gasteiger charge is -2.18. The highest BCUT2D eigenvalue weighted by atomic mass is 16.6. The number of hydrogen-bond donors (Lipinski definition) is 4. The molecule has 0 saturated carbocycles. The molecular weight excluding hydrogens is 965 g/mol. The minimum absolute atomic E-state index is 0.0697. The van der Waals surface area contributed by atoms with Gasteiger partial charge in [0.1, 0.15) is 38.5 Å². The molecule has 0 aromatic rings. The summed E-state index contributed by atoms with van der Waals surface area (Å²) in [6.45, 7) is 14.7. The fraction of sp³-hybridized carbons (Fsp3) is 0.789. The number of amides is 4. The summed E-state index contributed by atoms with van der Waals surface area (Å²) in [6.07, 6.45) is 29.1. The van der Waals surface area contributed by atoms with Gasteiger partial charge < -0.3 is 49.7 Å². The van der Waals surface area contributed by atoms with E-state index in [1.165, 1.54) is 117 Å². The SMILES string of the molecule is C=C(C)C(=O)OCCOC(=O)CC[C@H](NC(=O)NCCCCCNC(=O)N[C@@H](CCC(=O)OCCOC(=O)C(=C)C)C(=O)OCCCCCCCCCCCCCC)C(=O)OCCCCCCCCCCCCCC. The van der Waals surface area contributed by atoms with Crippen molar-refractivity contribution < 1.29 is 66.8 Å². The zero-order valence-corrected chi connectivity index (χ0v) is 46.9. The lowest BCUT2D eigenvalue weighted by atomic mass is 10.1. The number of urea groups is 2. The Balaban J connectivity index is 4.94. The van der Waals surface area contributed by atoms with Crippen molar-refractivity contribution in [3.05, 3.63) is 24.3 Å². The lowest BCUT2D eigenvalue weighted by Crippen LogP contribution is -2.47. The number of hydrogen-bond acceptors (Lipinski definition) is 14. The molecule has 0 saturated heterocycles. The van der Waals surface area contributed by atoms with Gasteiger partial charge in [0.05, 0.1) is 13.2 Å². The van der Waals surface area contributed by atoms with Crippen molar-refractivity contribution in [2.45, 2.75) is 239 Å². The van der Waals surface area contributed by atoms with Crippen LogP contribution < -0.4 is 21.3 Å². The minimum Gasteiger partial charge on any atom is -0.464 e. The van der Waals surface area contributed by atoms with Gasteiger partial charge in [0.15, 0.2) is 0 Å². The predicted molar refractivity (Wildman–Crippen MR) is 291 cm³/mol. The first kappa shape index (κ1) is 69.8. The van der Waals surface area contributed by atoms with Gasteiger partial charge in [-0.3, -0.25) is 9.59 Å².